The Hall–Kier alpha value is -0.860. The van der Waals surface area contributed by atoms with Crippen molar-refractivity contribution >= 4 is 15.9 Å². The van der Waals surface area contributed by atoms with Gasteiger partial charge in [0.05, 0.1) is 23.3 Å². The highest BCUT2D eigenvalue weighted by Crippen LogP contribution is 2.23. The zero-order chi connectivity index (χ0) is 9.26. The van der Waals surface area contributed by atoms with Gasteiger partial charge in [0.15, 0.2) is 5.69 Å². The molecule has 0 spiro atoms. The summed E-state index contributed by atoms with van der Waals surface area (Å²) in [5.74, 6) is 0. The molecule has 1 fully saturated rings. The van der Waals surface area contributed by atoms with Crippen molar-refractivity contribution in [1.82, 2.24) is 9.78 Å². The molecule has 13 heavy (non-hydrogen) atoms. The van der Waals surface area contributed by atoms with E-state index < -0.39 is 0 Å². The first-order valence-corrected chi connectivity index (χ1v) is 4.83. The molecule has 1 aromatic rings. The van der Waals surface area contributed by atoms with Gasteiger partial charge in [-0.1, -0.05) is 0 Å². The summed E-state index contributed by atoms with van der Waals surface area (Å²) in [6.45, 7) is 1.41. The van der Waals surface area contributed by atoms with E-state index in [9.17, 15) is 0 Å². The van der Waals surface area contributed by atoms with Crippen molar-refractivity contribution in [1.29, 1.82) is 5.26 Å². The van der Waals surface area contributed by atoms with Crippen molar-refractivity contribution in [3.05, 3.63) is 16.4 Å². The van der Waals surface area contributed by atoms with Crippen molar-refractivity contribution in [2.75, 3.05) is 13.2 Å². The predicted octanol–water partition coefficient (Wildman–Crippen LogP) is 1.48. The quantitative estimate of drug-likeness (QED) is 0.749. The van der Waals surface area contributed by atoms with Crippen LogP contribution in [0.15, 0.2) is 10.7 Å². The summed E-state index contributed by atoms with van der Waals surface area (Å²) in [6.07, 6.45) is 2.58. The maximum absolute atomic E-state index is 8.87. The largest absolute Gasteiger partial charge is 0.379 e. The first-order valence-electron chi connectivity index (χ1n) is 4.04. The molecule has 2 rings (SSSR count). The second kappa shape index (κ2) is 3.48. The van der Waals surface area contributed by atoms with Crippen LogP contribution >= 0.6 is 15.9 Å². The van der Waals surface area contributed by atoms with E-state index >= 15 is 0 Å². The zero-order valence-corrected chi connectivity index (χ0v) is 8.49. The Balaban J connectivity index is 2.34. The fraction of sp³-hybridized carbons (Fsp3) is 0.500. The maximum Gasteiger partial charge on any atom is 0.153 e. The third kappa shape index (κ3) is 1.47. The number of aromatic nitrogens is 2. The fourth-order valence-corrected chi connectivity index (χ4v) is 1.80. The molecule has 0 radical (unpaired) electrons. The number of rotatable bonds is 1. The van der Waals surface area contributed by atoms with Crippen LogP contribution < -0.4 is 0 Å². The van der Waals surface area contributed by atoms with Crippen molar-refractivity contribution in [2.45, 2.75) is 12.5 Å². The first-order chi connectivity index (χ1) is 6.33. The molecule has 4 nitrogen and oxygen atoms in total. The normalized spacial score (nSPS) is 21.7. The van der Waals surface area contributed by atoms with E-state index in [1.807, 2.05) is 0 Å². The van der Waals surface area contributed by atoms with Crippen LogP contribution in [0.1, 0.15) is 18.2 Å². The summed E-state index contributed by atoms with van der Waals surface area (Å²) in [5.41, 5.74) is 0.579. The summed E-state index contributed by atoms with van der Waals surface area (Å²) in [6, 6.07) is 2.34. The molecule has 0 bridgehead atoms. The minimum atomic E-state index is 0.223. The standard InChI is InChI=1S/C8H8BrN3O/c9-7-4-11-12(8(7)3-10)6-1-2-13-5-6/h4,6H,1-2,5H2/t6-/m0/s1. The van der Waals surface area contributed by atoms with Gasteiger partial charge in [0.1, 0.15) is 6.07 Å². The third-order valence-corrected chi connectivity index (χ3v) is 2.69. The molecule has 0 unspecified atom stereocenters. The lowest BCUT2D eigenvalue weighted by Crippen LogP contribution is -2.12. The molecular formula is C8H8BrN3O. The molecular weight excluding hydrogens is 234 g/mol. The van der Waals surface area contributed by atoms with Crippen molar-refractivity contribution in [2.24, 2.45) is 0 Å². The van der Waals surface area contributed by atoms with Crippen molar-refractivity contribution in [3.63, 3.8) is 0 Å². The molecule has 1 aliphatic heterocycles. The van der Waals surface area contributed by atoms with Crippen LogP contribution in [0.3, 0.4) is 0 Å². The molecule has 2 heterocycles. The van der Waals surface area contributed by atoms with E-state index in [1.54, 1.807) is 10.9 Å². The van der Waals surface area contributed by atoms with Gasteiger partial charge in [0.25, 0.3) is 0 Å². The van der Waals surface area contributed by atoms with Crippen LogP contribution in [0.25, 0.3) is 0 Å². The SMILES string of the molecule is N#Cc1c(Br)cnn1[C@H]1CCOC1. The summed E-state index contributed by atoms with van der Waals surface area (Å²) < 4.78 is 7.72. The number of hydrogen-bond acceptors (Lipinski definition) is 3. The minimum absolute atomic E-state index is 0.223. The summed E-state index contributed by atoms with van der Waals surface area (Å²) in [5, 5.41) is 13.0. The van der Waals surface area contributed by atoms with Crippen LogP contribution in [0.2, 0.25) is 0 Å². The van der Waals surface area contributed by atoms with Crippen LogP contribution in [0, 0.1) is 11.3 Å². The number of halogens is 1. The van der Waals surface area contributed by atoms with Gasteiger partial charge in [-0.3, -0.25) is 0 Å². The second-order valence-corrected chi connectivity index (χ2v) is 3.77. The van der Waals surface area contributed by atoms with Crippen molar-refractivity contribution < 1.29 is 4.74 Å². The molecule has 68 valence electrons. The van der Waals surface area contributed by atoms with E-state index in [1.165, 1.54) is 0 Å². The smallest absolute Gasteiger partial charge is 0.153 e. The molecule has 0 N–H and O–H groups in total. The molecule has 1 aromatic heterocycles. The predicted molar refractivity (Wildman–Crippen MR) is 49.1 cm³/mol. The molecule has 0 amide bonds. The number of nitrogens with zero attached hydrogens (tertiary/aromatic N) is 3. The minimum Gasteiger partial charge on any atom is -0.379 e. The Morgan fingerprint density at radius 3 is 3.23 bits per heavy atom. The van der Waals surface area contributed by atoms with E-state index in [2.05, 4.69) is 27.1 Å². The number of nitriles is 1. The van der Waals surface area contributed by atoms with Gasteiger partial charge in [0.2, 0.25) is 0 Å². The molecule has 5 heteroatoms. The molecule has 1 atom stereocenters. The highest BCUT2D eigenvalue weighted by Gasteiger charge is 2.21. The number of hydrogen-bond donors (Lipinski definition) is 0. The highest BCUT2D eigenvalue weighted by atomic mass is 79.9. The lowest BCUT2D eigenvalue weighted by Gasteiger charge is -2.08. The van der Waals surface area contributed by atoms with Gasteiger partial charge in [-0.2, -0.15) is 10.4 Å². The monoisotopic (exact) mass is 241 g/mol. The van der Waals surface area contributed by atoms with Gasteiger partial charge in [-0.05, 0) is 22.4 Å². The summed E-state index contributed by atoms with van der Waals surface area (Å²) in [4.78, 5) is 0. The fourth-order valence-electron chi connectivity index (χ4n) is 1.44. The molecule has 1 saturated heterocycles. The van der Waals surface area contributed by atoms with E-state index in [0.717, 1.165) is 17.5 Å². The van der Waals surface area contributed by atoms with Gasteiger partial charge in [0, 0.05) is 6.61 Å². The summed E-state index contributed by atoms with van der Waals surface area (Å²) in [7, 11) is 0. The van der Waals surface area contributed by atoms with Gasteiger partial charge in [-0.15, -0.1) is 0 Å². The Labute approximate surface area is 84.2 Å². The van der Waals surface area contributed by atoms with Crippen LogP contribution in [0.4, 0.5) is 0 Å². The Bertz CT molecular complexity index is 349. The van der Waals surface area contributed by atoms with Crippen LogP contribution in [-0.2, 0) is 4.74 Å². The first kappa shape index (κ1) is 8.73. The van der Waals surface area contributed by atoms with E-state index in [4.69, 9.17) is 10.00 Å². The zero-order valence-electron chi connectivity index (χ0n) is 6.90. The maximum atomic E-state index is 8.87. The van der Waals surface area contributed by atoms with Crippen LogP contribution in [-0.4, -0.2) is 23.0 Å². The molecule has 1 aliphatic rings. The Morgan fingerprint density at radius 2 is 2.62 bits per heavy atom. The molecule has 0 aliphatic carbocycles. The number of ether oxygens (including phenoxy) is 1. The lowest BCUT2D eigenvalue weighted by molar-refractivity contribution is 0.184. The van der Waals surface area contributed by atoms with Gasteiger partial charge in [-0.25, -0.2) is 4.68 Å². The van der Waals surface area contributed by atoms with Crippen molar-refractivity contribution in [3.8, 4) is 6.07 Å². The summed E-state index contributed by atoms with van der Waals surface area (Å²) >= 11 is 3.28. The topological polar surface area (TPSA) is 50.8 Å². The second-order valence-electron chi connectivity index (χ2n) is 2.91. The Morgan fingerprint density at radius 1 is 1.77 bits per heavy atom. The van der Waals surface area contributed by atoms with Crippen LogP contribution in [0.5, 0.6) is 0 Å². The Kier molecular flexibility index (Phi) is 2.34. The van der Waals surface area contributed by atoms with E-state index in [0.29, 0.717) is 12.3 Å². The van der Waals surface area contributed by atoms with Gasteiger partial charge >= 0.3 is 0 Å². The highest BCUT2D eigenvalue weighted by molar-refractivity contribution is 9.10. The average Bonchev–Trinajstić information content (AvgIpc) is 2.71. The van der Waals surface area contributed by atoms with E-state index in [-0.39, 0.29) is 6.04 Å². The lowest BCUT2D eigenvalue weighted by atomic mass is 10.2. The third-order valence-electron chi connectivity index (χ3n) is 2.11. The van der Waals surface area contributed by atoms with Gasteiger partial charge < -0.3 is 4.74 Å². The average molecular weight is 242 g/mol. The molecule has 0 aromatic carbocycles. The molecule has 0 saturated carbocycles.